The van der Waals surface area contributed by atoms with E-state index >= 15 is 0 Å². The molecule has 0 aliphatic carbocycles. The van der Waals surface area contributed by atoms with Gasteiger partial charge in [-0.1, -0.05) is 54.6 Å². The summed E-state index contributed by atoms with van der Waals surface area (Å²) in [5.74, 6) is -0.377. The Kier molecular flexibility index (Phi) is 8.68. The molecule has 2 heteroatoms. The molecule has 2 unspecified atom stereocenters. The van der Waals surface area contributed by atoms with E-state index in [9.17, 15) is 0 Å². The van der Waals surface area contributed by atoms with Gasteiger partial charge in [-0.05, 0) is 57.6 Å². The van der Waals surface area contributed by atoms with E-state index in [1.165, 1.54) is 5.56 Å². The summed E-state index contributed by atoms with van der Waals surface area (Å²) in [7, 11) is 0. The lowest BCUT2D eigenvalue weighted by Crippen LogP contribution is -3.00. The summed E-state index contributed by atoms with van der Waals surface area (Å²) in [5.41, 5.74) is 3.54. The molecule has 134 valence electrons. The lowest BCUT2D eigenvalue weighted by Gasteiger charge is -2.36. The van der Waals surface area contributed by atoms with Gasteiger partial charge >= 0.3 is 0 Å². The van der Waals surface area contributed by atoms with Crippen LogP contribution in [0.3, 0.4) is 0 Å². The normalized spacial score (nSPS) is 13.8. The van der Waals surface area contributed by atoms with Crippen LogP contribution in [0.1, 0.15) is 49.3 Å². The molecule has 1 nitrogen and oxygen atoms in total. The van der Waals surface area contributed by atoms with E-state index in [1.54, 1.807) is 0 Å². The summed E-state index contributed by atoms with van der Waals surface area (Å²) in [5, 5.41) is 0. The Labute approximate surface area is 161 Å². The smallest absolute Gasteiger partial charge is 0.104 e. The first-order valence-corrected chi connectivity index (χ1v) is 9.05. The molecule has 0 amide bonds. The lowest BCUT2D eigenvalue weighted by molar-refractivity contribution is -0.936. The number of rotatable bonds is 8. The Balaban J connectivity index is 0.00000312. The molecule has 0 spiro atoms. The molecule has 0 heterocycles. The Bertz CT molecular complexity index is 593. The fourth-order valence-corrected chi connectivity index (χ4v) is 3.33. The van der Waals surface area contributed by atoms with E-state index in [0.29, 0.717) is 0 Å². The van der Waals surface area contributed by atoms with Gasteiger partial charge in [-0.3, -0.25) is 0 Å². The highest BCUT2D eigenvalue weighted by Crippen LogP contribution is 2.31. The van der Waals surface area contributed by atoms with Crippen molar-refractivity contribution in [1.82, 2.24) is 0 Å². The first-order chi connectivity index (χ1) is 11.5. The van der Waals surface area contributed by atoms with Crippen molar-refractivity contribution in [2.75, 3.05) is 19.6 Å². The summed E-state index contributed by atoms with van der Waals surface area (Å²) in [4.78, 5) is 0. The second-order valence-corrected chi connectivity index (χ2v) is 6.65. The van der Waals surface area contributed by atoms with Crippen LogP contribution >= 0.6 is 0 Å². The van der Waals surface area contributed by atoms with Crippen molar-refractivity contribution in [3.63, 3.8) is 0 Å². The van der Waals surface area contributed by atoms with Crippen molar-refractivity contribution in [1.29, 1.82) is 0 Å². The molecule has 0 bridgehead atoms. The quantitative estimate of drug-likeness (QED) is 0.638. The van der Waals surface area contributed by atoms with Crippen molar-refractivity contribution in [2.45, 2.75) is 39.2 Å². The van der Waals surface area contributed by atoms with Crippen LogP contribution in [0.25, 0.3) is 0 Å². The molecule has 0 N–H and O–H groups in total. The van der Waals surface area contributed by atoms with Gasteiger partial charge in [-0.25, -0.2) is 0 Å². The summed E-state index contributed by atoms with van der Waals surface area (Å²) >= 11 is 0. The molecule has 0 aromatic heterocycles. The molecule has 0 saturated carbocycles. The minimum atomic E-state index is -0.191. The molecular formula is C23H30ClN. The monoisotopic (exact) mass is 355 g/mol. The van der Waals surface area contributed by atoms with Crippen molar-refractivity contribution >= 4 is 0 Å². The topological polar surface area (TPSA) is 0 Å². The number of benzene rings is 2. The van der Waals surface area contributed by atoms with Crippen LogP contribution in [0.4, 0.5) is 0 Å². The molecule has 4 radical (unpaired) electrons. The maximum absolute atomic E-state index is 6.40. The van der Waals surface area contributed by atoms with Gasteiger partial charge in [-0.2, -0.15) is 0 Å². The average Bonchev–Trinajstić information content (AvgIpc) is 2.66. The third-order valence-electron chi connectivity index (χ3n) is 5.47. The highest BCUT2D eigenvalue weighted by atomic mass is 35.5. The highest BCUT2D eigenvalue weighted by molar-refractivity contribution is 5.32. The molecular weight excluding hydrogens is 326 g/mol. The Hall–Kier alpha value is -1.31. The predicted octanol–water partition coefficient (Wildman–Crippen LogP) is 2.36. The van der Waals surface area contributed by atoms with E-state index in [1.807, 2.05) is 30.3 Å². The van der Waals surface area contributed by atoms with Gasteiger partial charge in [0.05, 0.1) is 19.6 Å². The fraction of sp³-hybridized carbons (Fsp3) is 0.391. The van der Waals surface area contributed by atoms with Crippen molar-refractivity contribution in [3.8, 4) is 0 Å². The molecule has 25 heavy (non-hydrogen) atoms. The van der Waals surface area contributed by atoms with Gasteiger partial charge in [0.1, 0.15) is 6.54 Å². The third kappa shape index (κ3) is 5.33. The number of nitrogens with zero attached hydrogens (tertiary/aromatic N) is 1. The predicted molar refractivity (Wildman–Crippen MR) is 103 cm³/mol. The van der Waals surface area contributed by atoms with Crippen molar-refractivity contribution in [2.24, 2.45) is 0 Å². The van der Waals surface area contributed by atoms with E-state index in [4.69, 9.17) is 13.8 Å². The second-order valence-electron chi connectivity index (χ2n) is 6.65. The lowest BCUT2D eigenvalue weighted by atomic mass is 9.84. The molecule has 0 aliphatic rings. The first-order valence-electron chi connectivity index (χ1n) is 9.05. The van der Waals surface area contributed by atoms with E-state index in [2.05, 4.69) is 45.0 Å². The van der Waals surface area contributed by atoms with Gasteiger partial charge < -0.3 is 16.9 Å². The number of halogens is 1. The zero-order valence-corrected chi connectivity index (χ0v) is 16.4. The molecule has 2 aromatic rings. The fourth-order valence-electron chi connectivity index (χ4n) is 3.33. The van der Waals surface area contributed by atoms with Gasteiger partial charge in [0.25, 0.3) is 0 Å². The van der Waals surface area contributed by atoms with Crippen molar-refractivity contribution < 1.29 is 16.9 Å². The van der Waals surface area contributed by atoms with Crippen LogP contribution in [-0.4, -0.2) is 24.1 Å². The number of hydrogen-bond acceptors (Lipinski definition) is 0. The van der Waals surface area contributed by atoms with Crippen LogP contribution in [-0.2, 0) is 6.54 Å². The largest absolute Gasteiger partial charge is 1.00 e. The van der Waals surface area contributed by atoms with Gasteiger partial charge in [0, 0.05) is 5.56 Å². The zero-order chi connectivity index (χ0) is 17.6. The van der Waals surface area contributed by atoms with Crippen LogP contribution in [0.2, 0.25) is 0 Å². The maximum atomic E-state index is 6.40. The molecule has 2 atom stereocenters. The summed E-state index contributed by atoms with van der Waals surface area (Å²) in [6, 6.07) is 18.8. The van der Waals surface area contributed by atoms with Crippen LogP contribution in [0.15, 0.2) is 54.6 Å². The molecule has 0 aliphatic heterocycles. The second kappa shape index (κ2) is 9.99. The molecule has 2 rings (SSSR count). The zero-order valence-electron chi connectivity index (χ0n) is 15.7. The Morgan fingerprint density at radius 3 is 1.60 bits per heavy atom. The summed E-state index contributed by atoms with van der Waals surface area (Å²) in [6.07, 6.45) is 0. The van der Waals surface area contributed by atoms with Crippen LogP contribution < -0.4 is 12.4 Å². The standard InChI is InChI=1S/C23H30N.ClH/c1-6-24(7-2,8-3)18-21-14-16-23(17-15-21)20(5)19(4)22-12-10-9-11-13-22;/h4-5,9-17,19-20H,6-8,18H2,1-3H3;1H/q+1;/p-1. The summed E-state index contributed by atoms with van der Waals surface area (Å²) in [6.45, 7) is 24.1. The highest BCUT2D eigenvalue weighted by Gasteiger charge is 2.22. The number of hydrogen-bond donors (Lipinski definition) is 0. The average molecular weight is 356 g/mol. The Morgan fingerprint density at radius 1 is 0.720 bits per heavy atom. The summed E-state index contributed by atoms with van der Waals surface area (Å²) < 4.78 is 1.12. The van der Waals surface area contributed by atoms with Gasteiger partial charge in [0.15, 0.2) is 0 Å². The van der Waals surface area contributed by atoms with Gasteiger partial charge in [0.2, 0.25) is 0 Å². The van der Waals surface area contributed by atoms with Crippen LogP contribution in [0, 0.1) is 13.8 Å². The van der Waals surface area contributed by atoms with E-state index in [-0.39, 0.29) is 24.2 Å². The SMILES string of the molecule is [CH]C(c1ccccc1)C([CH])c1ccc(C[N+](CC)(CC)CC)cc1.[Cl-]. The minimum absolute atomic E-state index is 0. The van der Waals surface area contributed by atoms with Crippen LogP contribution in [0.5, 0.6) is 0 Å². The van der Waals surface area contributed by atoms with Crippen molar-refractivity contribution in [3.05, 3.63) is 85.1 Å². The third-order valence-corrected chi connectivity index (χ3v) is 5.47. The number of quaternary nitrogens is 1. The van der Waals surface area contributed by atoms with Gasteiger partial charge in [-0.15, -0.1) is 0 Å². The Morgan fingerprint density at radius 2 is 1.16 bits per heavy atom. The minimum Gasteiger partial charge on any atom is -1.00 e. The van der Waals surface area contributed by atoms with E-state index < -0.39 is 0 Å². The molecule has 0 saturated heterocycles. The first kappa shape index (κ1) is 21.7. The van der Waals surface area contributed by atoms with E-state index in [0.717, 1.165) is 41.8 Å². The molecule has 2 aromatic carbocycles. The maximum Gasteiger partial charge on any atom is 0.104 e. The molecule has 0 fully saturated rings.